The molecule has 2 fully saturated rings. The number of carboxylic acid groups (broad SMARTS) is 1. The maximum Gasteiger partial charge on any atom is 0.330 e. The van der Waals surface area contributed by atoms with Crippen LogP contribution in [0.4, 0.5) is 9.93 Å². The molecule has 0 bridgehead atoms. The van der Waals surface area contributed by atoms with Crippen molar-refractivity contribution in [3.63, 3.8) is 0 Å². The first-order chi connectivity index (χ1) is 31.8. The number of fused-ring (bicyclic) bond motifs is 3. The number of carboxylic acids is 1. The first-order valence-electron chi connectivity index (χ1n) is 22.8. The lowest BCUT2D eigenvalue weighted by atomic mass is 9.87. The lowest BCUT2D eigenvalue weighted by molar-refractivity contribution is -0.145. The van der Waals surface area contributed by atoms with Gasteiger partial charge in [-0.25, -0.2) is 28.0 Å². The van der Waals surface area contributed by atoms with Gasteiger partial charge < -0.3 is 40.7 Å². The number of amides is 4. The Balaban J connectivity index is 1.18. The number of carbonyl (C=O) groups is 4. The van der Waals surface area contributed by atoms with Crippen molar-refractivity contribution in [3.05, 3.63) is 72.1 Å². The predicted octanol–water partition coefficient (Wildman–Crippen LogP) is 6.42. The Morgan fingerprint density at radius 1 is 1.06 bits per heavy atom. The Bertz CT molecular complexity index is 2600. The smallest absolute Gasteiger partial charge is 0.330 e. The van der Waals surface area contributed by atoms with Gasteiger partial charge in [0.2, 0.25) is 21.8 Å². The highest BCUT2D eigenvalue weighted by atomic mass is 32.2. The number of urea groups is 1. The van der Waals surface area contributed by atoms with Crippen molar-refractivity contribution >= 4 is 61.2 Å². The lowest BCUT2D eigenvalue weighted by Crippen LogP contribution is -2.59. The van der Waals surface area contributed by atoms with E-state index in [-0.39, 0.29) is 43.3 Å². The number of methoxy groups -OCH3 is 1. The van der Waals surface area contributed by atoms with Crippen LogP contribution in [0.2, 0.25) is 0 Å². The highest BCUT2D eigenvalue weighted by molar-refractivity contribution is 7.89. The number of hydrogen-bond acceptors (Lipinski definition) is 12. The topological polar surface area (TPSA) is 221 Å². The van der Waals surface area contributed by atoms with Gasteiger partial charge >= 0.3 is 12.0 Å². The average Bonchev–Trinajstić information content (AvgIpc) is 3.54. The second-order valence-electron chi connectivity index (χ2n) is 19.0. The maximum atomic E-state index is 15.0. The number of aromatic nitrogens is 2. The van der Waals surface area contributed by atoms with E-state index in [0.717, 1.165) is 18.0 Å². The molecular formula is C48H62N8O9S2. The van der Waals surface area contributed by atoms with Crippen LogP contribution in [0.3, 0.4) is 0 Å². The Labute approximate surface area is 396 Å². The minimum absolute atomic E-state index is 0.0233. The first-order valence-corrected chi connectivity index (χ1v) is 25.1. The van der Waals surface area contributed by atoms with Gasteiger partial charge in [-0.1, -0.05) is 64.0 Å². The average molecular weight is 959 g/mol. The number of carbonyl (C=O) groups excluding carboxylic acids is 3. The molecule has 3 aliphatic rings. The summed E-state index contributed by atoms with van der Waals surface area (Å²) in [5.74, 6) is -1.71. The van der Waals surface area contributed by atoms with E-state index in [1.54, 1.807) is 43.5 Å². The molecule has 2 unspecified atom stereocenters. The van der Waals surface area contributed by atoms with Crippen molar-refractivity contribution in [2.24, 2.45) is 11.3 Å². The van der Waals surface area contributed by atoms with Gasteiger partial charge in [-0.15, -0.1) is 11.3 Å². The summed E-state index contributed by atoms with van der Waals surface area (Å²) < 4.78 is 40.5. The minimum Gasteiger partial charge on any atom is -0.497 e. The third-order valence-electron chi connectivity index (χ3n) is 12.6. The van der Waals surface area contributed by atoms with Crippen molar-refractivity contribution in [3.8, 4) is 22.9 Å². The Hall–Kier alpha value is -5.79. The number of likely N-dealkylation sites (N-methyl/N-ethyl adjacent to an activating group) is 1. The van der Waals surface area contributed by atoms with Crippen molar-refractivity contribution in [2.75, 3.05) is 32.6 Å². The molecule has 7 rings (SSSR count). The summed E-state index contributed by atoms with van der Waals surface area (Å²) in [6.45, 7) is 9.59. The molecule has 6 atom stereocenters. The number of sulfonamides is 1. The summed E-state index contributed by atoms with van der Waals surface area (Å²) in [5.41, 5.74) is -0.407. The van der Waals surface area contributed by atoms with Crippen molar-refractivity contribution in [1.82, 2.24) is 35.1 Å². The van der Waals surface area contributed by atoms with Crippen LogP contribution in [0.25, 0.3) is 22.3 Å². The number of allylic oxidation sites excluding steroid dienone is 1. The Kier molecular flexibility index (Phi) is 14.8. The second kappa shape index (κ2) is 20.2. The van der Waals surface area contributed by atoms with Gasteiger partial charge in [-0.3, -0.25) is 9.59 Å². The quantitative estimate of drug-likeness (QED) is 0.0917. The van der Waals surface area contributed by atoms with Crippen LogP contribution in [0.5, 0.6) is 11.5 Å². The molecule has 2 aromatic heterocycles. The number of pyridine rings is 1. The fourth-order valence-corrected chi connectivity index (χ4v) is 10.6. The highest BCUT2D eigenvalue weighted by Crippen LogP contribution is 2.46. The maximum absolute atomic E-state index is 15.0. The van der Waals surface area contributed by atoms with Gasteiger partial charge in [0.25, 0.3) is 0 Å². The standard InChI is InChI=1S/C48H62N8O9S2/c1-29(2)49-46-52-38(28-66-46)37-24-40(34-21-20-31(64-7)22-36(34)50-37)65-32-23-39-42(57)54-48(44(59)60)25-30(48)16-12-9-8-10-15-19-35(43(58)56(39)26-32)51-45(61)53-41(47(3,4)5)27-55(6)67(62,63)33-17-13-11-14-18-33/h11-14,16-18,20-22,24,28-30,32,35,39,41H,8-10,15,19,23,25-27H2,1-7H3,(H,49,52)(H,54,57)(H,59,60)(H2,51,53,61)/t30?,32-,35+,39+,41?,48-/m1/s1. The molecule has 2 aromatic carbocycles. The summed E-state index contributed by atoms with van der Waals surface area (Å²) >= 11 is 1.45. The van der Waals surface area contributed by atoms with Gasteiger partial charge in [0.1, 0.15) is 40.9 Å². The van der Waals surface area contributed by atoms with Crippen LogP contribution >= 0.6 is 11.3 Å². The molecule has 4 heterocycles. The molecule has 4 amide bonds. The zero-order valence-corrected chi connectivity index (χ0v) is 40.7. The van der Waals surface area contributed by atoms with Crippen molar-refractivity contribution in [1.29, 1.82) is 0 Å². The molecule has 1 saturated heterocycles. The molecule has 0 spiro atoms. The van der Waals surface area contributed by atoms with Crippen LogP contribution in [0.1, 0.15) is 79.6 Å². The monoisotopic (exact) mass is 958 g/mol. The Morgan fingerprint density at radius 3 is 2.52 bits per heavy atom. The van der Waals surface area contributed by atoms with Gasteiger partial charge in [0.15, 0.2) is 5.13 Å². The summed E-state index contributed by atoms with van der Waals surface area (Å²) in [6.07, 6.45) is 6.28. The molecule has 17 nitrogen and oxygen atoms in total. The number of ether oxygens (including phenoxy) is 2. The van der Waals surface area contributed by atoms with Crippen LogP contribution in [0.15, 0.2) is 77.0 Å². The van der Waals surface area contributed by atoms with E-state index >= 15 is 0 Å². The van der Waals surface area contributed by atoms with Gasteiger partial charge in [-0.05, 0) is 69.2 Å². The molecule has 67 heavy (non-hydrogen) atoms. The fraction of sp³-hybridized carbons (Fsp3) is 0.500. The van der Waals surface area contributed by atoms with Crippen LogP contribution in [0, 0.1) is 11.3 Å². The predicted molar refractivity (Wildman–Crippen MR) is 256 cm³/mol. The van der Waals surface area contributed by atoms with Crippen molar-refractivity contribution in [2.45, 2.75) is 120 Å². The third kappa shape index (κ3) is 11.3. The van der Waals surface area contributed by atoms with Crippen LogP contribution < -0.4 is 30.7 Å². The zero-order chi connectivity index (χ0) is 48.3. The number of hydrogen-bond donors (Lipinski definition) is 5. The van der Waals surface area contributed by atoms with E-state index in [1.807, 2.05) is 58.2 Å². The normalized spacial score (nSPS) is 23.1. The molecule has 2 aliphatic heterocycles. The van der Waals surface area contributed by atoms with E-state index in [1.165, 1.54) is 39.7 Å². The number of thiazole rings is 1. The SMILES string of the molecule is COc1ccc2c(O[C@@H]3C[C@H]4C(=O)N[C@]5(C(=O)O)CC5C=CCCCCC[C@H](NC(=O)NC(CN(C)S(=O)(=O)c5ccccc5)C(C)(C)C)C(=O)N4C3)cc(-c3csc(NC(C)C)n3)nc2c1. The van der Waals surface area contributed by atoms with Crippen LogP contribution in [-0.2, 0) is 24.4 Å². The molecule has 1 aliphatic carbocycles. The van der Waals surface area contributed by atoms with E-state index in [0.29, 0.717) is 46.6 Å². The van der Waals surface area contributed by atoms with E-state index in [9.17, 15) is 32.7 Å². The number of nitrogens with one attached hydrogen (secondary N) is 4. The number of benzene rings is 2. The lowest BCUT2D eigenvalue weighted by Gasteiger charge is -2.35. The zero-order valence-electron chi connectivity index (χ0n) is 39.1. The Morgan fingerprint density at radius 2 is 1.82 bits per heavy atom. The van der Waals surface area contributed by atoms with Gasteiger partial charge in [-0.2, -0.15) is 4.31 Å². The summed E-state index contributed by atoms with van der Waals surface area (Å²) in [7, 11) is -0.866. The summed E-state index contributed by atoms with van der Waals surface area (Å²) in [5, 5.41) is 25.7. The molecule has 5 N–H and O–H groups in total. The number of anilines is 1. The molecule has 0 radical (unpaired) electrons. The molecule has 1 saturated carbocycles. The molecular weight excluding hydrogens is 897 g/mol. The number of aliphatic carboxylic acids is 1. The number of rotatable bonds is 13. The largest absolute Gasteiger partial charge is 0.497 e. The summed E-state index contributed by atoms with van der Waals surface area (Å²) in [6, 6.07) is 11.8. The first kappa shape index (κ1) is 49.1. The molecule has 360 valence electrons. The fourth-order valence-electron chi connectivity index (χ4n) is 8.58. The van der Waals surface area contributed by atoms with Crippen LogP contribution in [-0.4, -0.2) is 120 Å². The third-order valence-corrected chi connectivity index (χ3v) is 15.2. The number of nitrogens with zero attached hydrogens (tertiary/aromatic N) is 4. The van der Waals surface area contributed by atoms with E-state index in [2.05, 4.69) is 21.3 Å². The van der Waals surface area contributed by atoms with Gasteiger partial charge in [0.05, 0.1) is 29.8 Å². The van der Waals surface area contributed by atoms with E-state index < -0.39 is 74.9 Å². The van der Waals surface area contributed by atoms with E-state index in [4.69, 9.17) is 19.4 Å². The summed E-state index contributed by atoms with van der Waals surface area (Å²) in [4.78, 5) is 67.5. The van der Waals surface area contributed by atoms with Crippen molar-refractivity contribution < 1.29 is 42.2 Å². The molecule has 4 aromatic rings. The minimum atomic E-state index is -3.89. The molecule has 19 heteroatoms. The second-order valence-corrected chi connectivity index (χ2v) is 21.9. The van der Waals surface area contributed by atoms with Gasteiger partial charge in [0, 0.05) is 60.9 Å². The highest BCUT2D eigenvalue weighted by Gasteiger charge is 2.61.